The SMILES string of the molecule is ClCCc1nc2c(Cl)cccc2n1CCc1nccs1. The summed E-state index contributed by atoms with van der Waals surface area (Å²) < 4.78 is 2.20. The minimum absolute atomic E-state index is 0.554. The lowest BCUT2D eigenvalue weighted by atomic mass is 10.3. The van der Waals surface area contributed by atoms with Crippen molar-refractivity contribution in [2.45, 2.75) is 19.4 Å². The summed E-state index contributed by atoms with van der Waals surface area (Å²) in [4.78, 5) is 8.95. The molecule has 0 aliphatic heterocycles. The van der Waals surface area contributed by atoms with Gasteiger partial charge in [0.2, 0.25) is 0 Å². The third kappa shape index (κ3) is 2.68. The molecule has 0 atom stereocenters. The van der Waals surface area contributed by atoms with E-state index in [0.717, 1.165) is 41.3 Å². The second-order valence-corrected chi connectivity index (χ2v) is 6.17. The van der Waals surface area contributed by atoms with E-state index in [9.17, 15) is 0 Å². The highest BCUT2D eigenvalue weighted by molar-refractivity contribution is 7.09. The molecule has 3 rings (SSSR count). The number of aryl methyl sites for hydroxylation is 3. The van der Waals surface area contributed by atoms with Crippen molar-refractivity contribution >= 4 is 45.6 Å². The topological polar surface area (TPSA) is 30.7 Å². The molecule has 2 aromatic heterocycles. The number of alkyl halides is 1. The average molecular weight is 326 g/mol. The van der Waals surface area contributed by atoms with Crippen LogP contribution in [0.1, 0.15) is 10.8 Å². The molecule has 0 saturated heterocycles. The fourth-order valence-electron chi connectivity index (χ4n) is 2.27. The molecule has 0 aliphatic rings. The van der Waals surface area contributed by atoms with Gasteiger partial charge < -0.3 is 4.57 Å². The monoisotopic (exact) mass is 325 g/mol. The maximum Gasteiger partial charge on any atom is 0.111 e. The first kappa shape index (κ1) is 13.9. The summed E-state index contributed by atoms with van der Waals surface area (Å²) in [5.74, 6) is 1.54. The van der Waals surface area contributed by atoms with E-state index in [2.05, 4.69) is 14.5 Å². The fraction of sp³-hybridized carbons (Fsp3) is 0.286. The van der Waals surface area contributed by atoms with E-state index in [1.54, 1.807) is 11.3 Å². The Morgan fingerprint density at radius 3 is 2.90 bits per heavy atom. The molecule has 2 heterocycles. The number of aromatic nitrogens is 3. The number of nitrogens with zero attached hydrogens (tertiary/aromatic N) is 3. The lowest BCUT2D eigenvalue weighted by Crippen LogP contribution is -2.06. The van der Waals surface area contributed by atoms with Gasteiger partial charge in [0, 0.05) is 36.8 Å². The normalized spacial score (nSPS) is 11.3. The standard InChI is InChI=1S/C14H13Cl2N3S/c15-6-4-12-18-14-10(16)2-1-3-11(14)19(12)8-5-13-17-7-9-20-13/h1-3,7,9H,4-6,8H2. The molecular formula is C14H13Cl2N3S. The van der Waals surface area contributed by atoms with Crippen LogP contribution in [0.5, 0.6) is 0 Å². The van der Waals surface area contributed by atoms with Crippen molar-refractivity contribution in [1.82, 2.24) is 14.5 Å². The smallest absolute Gasteiger partial charge is 0.111 e. The number of fused-ring (bicyclic) bond motifs is 1. The zero-order chi connectivity index (χ0) is 13.9. The van der Waals surface area contributed by atoms with E-state index < -0.39 is 0 Å². The Hall–Kier alpha value is -1.10. The first-order valence-electron chi connectivity index (χ1n) is 6.37. The van der Waals surface area contributed by atoms with Crippen LogP contribution in [0.2, 0.25) is 5.02 Å². The number of imidazole rings is 1. The number of hydrogen-bond acceptors (Lipinski definition) is 3. The van der Waals surface area contributed by atoms with Crippen molar-refractivity contribution in [3.05, 3.63) is 45.6 Å². The Balaban J connectivity index is 1.98. The van der Waals surface area contributed by atoms with E-state index in [4.69, 9.17) is 23.2 Å². The number of para-hydroxylation sites is 1. The predicted octanol–water partition coefficient (Wildman–Crippen LogP) is 4.17. The molecule has 0 spiro atoms. The second-order valence-electron chi connectivity index (χ2n) is 4.40. The second kappa shape index (κ2) is 6.12. The molecule has 3 nitrogen and oxygen atoms in total. The minimum Gasteiger partial charge on any atom is -0.327 e. The number of thiazole rings is 1. The van der Waals surface area contributed by atoms with Crippen LogP contribution in [-0.4, -0.2) is 20.4 Å². The van der Waals surface area contributed by atoms with E-state index in [1.165, 1.54) is 0 Å². The maximum atomic E-state index is 6.22. The van der Waals surface area contributed by atoms with Gasteiger partial charge in [-0.15, -0.1) is 22.9 Å². The molecule has 6 heteroatoms. The van der Waals surface area contributed by atoms with Crippen LogP contribution < -0.4 is 0 Å². The molecule has 0 amide bonds. The van der Waals surface area contributed by atoms with Crippen molar-refractivity contribution < 1.29 is 0 Å². The quantitative estimate of drug-likeness (QED) is 0.659. The molecule has 0 bridgehead atoms. The van der Waals surface area contributed by atoms with Gasteiger partial charge in [-0.3, -0.25) is 0 Å². The van der Waals surface area contributed by atoms with E-state index in [0.29, 0.717) is 10.9 Å². The highest BCUT2D eigenvalue weighted by Crippen LogP contribution is 2.24. The first-order valence-corrected chi connectivity index (χ1v) is 8.17. The number of rotatable bonds is 5. The zero-order valence-corrected chi connectivity index (χ0v) is 13.0. The Morgan fingerprint density at radius 1 is 1.25 bits per heavy atom. The Bertz CT molecular complexity index is 707. The summed E-state index contributed by atoms with van der Waals surface area (Å²) in [7, 11) is 0. The van der Waals surface area contributed by atoms with Crippen LogP contribution >= 0.6 is 34.5 Å². The number of halogens is 2. The van der Waals surface area contributed by atoms with Crippen molar-refractivity contribution in [3.63, 3.8) is 0 Å². The average Bonchev–Trinajstić information content (AvgIpc) is 3.05. The molecule has 1 aromatic carbocycles. The van der Waals surface area contributed by atoms with E-state index in [-0.39, 0.29) is 0 Å². The molecule has 0 fully saturated rings. The summed E-state index contributed by atoms with van der Waals surface area (Å²) in [6.45, 7) is 0.844. The molecule has 3 aromatic rings. The Labute approximate surface area is 131 Å². The molecular weight excluding hydrogens is 313 g/mol. The molecule has 0 saturated carbocycles. The van der Waals surface area contributed by atoms with Gasteiger partial charge in [-0.1, -0.05) is 17.7 Å². The van der Waals surface area contributed by atoms with Gasteiger partial charge in [0.05, 0.1) is 15.5 Å². The highest BCUT2D eigenvalue weighted by atomic mass is 35.5. The molecule has 0 radical (unpaired) electrons. The van der Waals surface area contributed by atoms with Gasteiger partial charge in [0.15, 0.2) is 0 Å². The van der Waals surface area contributed by atoms with Crippen LogP contribution in [0.4, 0.5) is 0 Å². The van der Waals surface area contributed by atoms with Gasteiger partial charge in [0.1, 0.15) is 11.3 Å². The van der Waals surface area contributed by atoms with Gasteiger partial charge in [-0.2, -0.15) is 0 Å². The van der Waals surface area contributed by atoms with Gasteiger partial charge in [0.25, 0.3) is 0 Å². The van der Waals surface area contributed by atoms with Crippen molar-refractivity contribution in [2.24, 2.45) is 0 Å². The van der Waals surface area contributed by atoms with E-state index >= 15 is 0 Å². The highest BCUT2D eigenvalue weighted by Gasteiger charge is 2.12. The van der Waals surface area contributed by atoms with Crippen molar-refractivity contribution in [1.29, 1.82) is 0 Å². The Morgan fingerprint density at radius 2 is 2.15 bits per heavy atom. The molecule has 0 aliphatic carbocycles. The van der Waals surface area contributed by atoms with Crippen molar-refractivity contribution in [2.75, 3.05) is 5.88 Å². The van der Waals surface area contributed by atoms with Gasteiger partial charge >= 0.3 is 0 Å². The van der Waals surface area contributed by atoms with Crippen LogP contribution in [0.3, 0.4) is 0 Å². The summed E-state index contributed by atoms with van der Waals surface area (Å²) in [6.07, 6.45) is 3.47. The first-order chi connectivity index (χ1) is 9.79. The summed E-state index contributed by atoms with van der Waals surface area (Å²) in [5, 5.41) is 3.81. The molecule has 0 unspecified atom stereocenters. The predicted molar refractivity (Wildman–Crippen MR) is 85.0 cm³/mol. The Kier molecular flexibility index (Phi) is 4.24. The largest absolute Gasteiger partial charge is 0.327 e. The van der Waals surface area contributed by atoms with Crippen LogP contribution in [0.15, 0.2) is 29.8 Å². The van der Waals surface area contributed by atoms with Gasteiger partial charge in [-0.05, 0) is 12.1 Å². The number of hydrogen-bond donors (Lipinski definition) is 0. The van der Waals surface area contributed by atoms with Crippen LogP contribution in [0.25, 0.3) is 11.0 Å². The minimum atomic E-state index is 0.554. The summed E-state index contributed by atoms with van der Waals surface area (Å²) >= 11 is 13.8. The lowest BCUT2D eigenvalue weighted by molar-refractivity contribution is 0.673. The maximum absolute atomic E-state index is 6.22. The van der Waals surface area contributed by atoms with Crippen LogP contribution in [-0.2, 0) is 19.4 Å². The van der Waals surface area contributed by atoms with Crippen LogP contribution in [0, 0.1) is 0 Å². The number of benzene rings is 1. The zero-order valence-electron chi connectivity index (χ0n) is 10.7. The summed E-state index contributed by atoms with van der Waals surface area (Å²) in [5.41, 5.74) is 1.92. The lowest BCUT2D eigenvalue weighted by Gasteiger charge is -2.07. The van der Waals surface area contributed by atoms with Crippen molar-refractivity contribution in [3.8, 4) is 0 Å². The third-order valence-electron chi connectivity index (χ3n) is 3.16. The van der Waals surface area contributed by atoms with E-state index in [1.807, 2.05) is 29.8 Å². The third-order valence-corrected chi connectivity index (χ3v) is 4.49. The molecule has 20 heavy (non-hydrogen) atoms. The van der Waals surface area contributed by atoms with Gasteiger partial charge in [-0.25, -0.2) is 9.97 Å². The fourth-order valence-corrected chi connectivity index (χ4v) is 3.26. The summed E-state index contributed by atoms with van der Waals surface area (Å²) in [6, 6.07) is 5.87. The molecule has 0 N–H and O–H groups in total. The molecule has 104 valence electrons.